The minimum atomic E-state index is 0.0414. The molecule has 0 spiro atoms. The van der Waals surface area contributed by atoms with E-state index in [4.69, 9.17) is 9.68 Å². The van der Waals surface area contributed by atoms with Gasteiger partial charge in [0.2, 0.25) is 5.76 Å². The molecule has 0 radical (unpaired) electrons. The van der Waals surface area contributed by atoms with E-state index in [-0.39, 0.29) is 5.76 Å². The van der Waals surface area contributed by atoms with Gasteiger partial charge in [-0.25, -0.2) is 9.97 Å². The van der Waals surface area contributed by atoms with Crippen molar-refractivity contribution in [2.45, 2.75) is 79.8 Å². The number of hydrogen-bond donors (Lipinski definition) is 2. The number of nitriles is 1. The Hall–Kier alpha value is -3.18. The third kappa shape index (κ3) is 9.12. The lowest BCUT2D eigenvalue weighted by Gasteiger charge is -2.25. The Bertz CT molecular complexity index is 1070. The van der Waals surface area contributed by atoms with Crippen molar-refractivity contribution in [3.8, 4) is 6.07 Å². The van der Waals surface area contributed by atoms with E-state index < -0.39 is 0 Å². The molecule has 2 N–H and O–H groups in total. The zero-order chi connectivity index (χ0) is 27.1. The fourth-order valence-corrected chi connectivity index (χ4v) is 3.76. The first kappa shape index (κ1) is 30.9. The summed E-state index contributed by atoms with van der Waals surface area (Å²) in [5, 5.41) is 16.3. The van der Waals surface area contributed by atoms with Crippen molar-refractivity contribution in [2.75, 3.05) is 12.4 Å². The molecule has 0 fully saturated rings. The quantitative estimate of drug-likeness (QED) is 0.298. The first-order valence-electron chi connectivity index (χ1n) is 13.0. The van der Waals surface area contributed by atoms with E-state index in [1.54, 1.807) is 12.5 Å². The van der Waals surface area contributed by atoms with Crippen molar-refractivity contribution in [2.24, 2.45) is 18.9 Å². The molecule has 198 valence electrons. The number of nitrogens with one attached hydrogen (secondary N) is 2. The van der Waals surface area contributed by atoms with E-state index in [0.717, 1.165) is 38.0 Å². The van der Waals surface area contributed by atoms with Gasteiger partial charge in [-0.2, -0.15) is 5.26 Å². The number of nitrogens with zero attached hydrogens (tertiary/aromatic N) is 4. The molecule has 3 rings (SSSR count). The normalized spacial score (nSPS) is 12.9. The number of hydrogen-bond acceptors (Lipinski definition) is 7. The third-order valence-corrected chi connectivity index (χ3v) is 6.23. The van der Waals surface area contributed by atoms with Crippen LogP contribution in [0.5, 0.6) is 0 Å². The topological polar surface area (TPSA) is 109 Å². The summed E-state index contributed by atoms with van der Waals surface area (Å²) in [7, 11) is 3.91. The van der Waals surface area contributed by atoms with Crippen molar-refractivity contribution < 1.29 is 9.21 Å². The highest BCUT2D eigenvalue weighted by Gasteiger charge is 2.18. The zero-order valence-electron chi connectivity index (χ0n) is 23.3. The molecule has 8 nitrogen and oxygen atoms in total. The summed E-state index contributed by atoms with van der Waals surface area (Å²) >= 11 is 0. The Kier molecular flexibility index (Phi) is 14.1. The van der Waals surface area contributed by atoms with Crippen LogP contribution in [0.2, 0.25) is 0 Å². The Labute approximate surface area is 216 Å². The molecular weight excluding hydrogens is 452 g/mol. The lowest BCUT2D eigenvalue weighted by atomic mass is 9.91. The number of pyridine rings is 1. The monoisotopic (exact) mass is 496 g/mol. The van der Waals surface area contributed by atoms with Crippen molar-refractivity contribution in [1.29, 1.82) is 5.26 Å². The summed E-state index contributed by atoms with van der Waals surface area (Å²) in [6, 6.07) is 4.06. The highest BCUT2D eigenvalue weighted by Crippen LogP contribution is 2.27. The van der Waals surface area contributed by atoms with Crippen LogP contribution in [0.15, 0.2) is 29.2 Å². The summed E-state index contributed by atoms with van der Waals surface area (Å²) in [6.45, 7) is 13.8. The molecule has 0 bridgehead atoms. The van der Waals surface area contributed by atoms with Gasteiger partial charge >= 0.3 is 0 Å². The van der Waals surface area contributed by atoms with Crippen LogP contribution in [0, 0.1) is 23.2 Å². The van der Waals surface area contributed by atoms with Gasteiger partial charge < -0.3 is 19.6 Å². The fourth-order valence-electron chi connectivity index (χ4n) is 3.76. The number of carbonyl (C=O) groups is 1. The van der Waals surface area contributed by atoms with Gasteiger partial charge in [-0.15, -0.1) is 0 Å². The molecule has 3 aromatic rings. The highest BCUT2D eigenvalue weighted by atomic mass is 16.3. The number of fused-ring (bicyclic) bond motifs is 1. The number of aromatic nitrogens is 3. The molecule has 3 heterocycles. The molecule has 0 aliphatic heterocycles. The van der Waals surface area contributed by atoms with Crippen LogP contribution >= 0.6 is 0 Å². The van der Waals surface area contributed by atoms with E-state index >= 15 is 0 Å². The second kappa shape index (κ2) is 16.5. The molecule has 2 atom stereocenters. The van der Waals surface area contributed by atoms with Crippen LogP contribution in [0.4, 0.5) is 5.82 Å². The number of carbonyl (C=O) groups excluding carboxylic acids is 1. The molecule has 3 aromatic heterocycles. The van der Waals surface area contributed by atoms with E-state index in [9.17, 15) is 4.79 Å². The van der Waals surface area contributed by atoms with Gasteiger partial charge in [-0.05, 0) is 37.8 Å². The molecule has 0 aliphatic rings. The standard InChI is InChI=1S/C20H27N3O2.C6H11N3.C2H6/c1-5-13(3)7-15(8-14(4)6-2)23-20-9-16-17(12-24)18(10-21)25-19(16)11-22-20;1-7-3-6-4-8-5-9(6)2;1-2/h9,11-15H,5-8H2,1-4H3,(H,22,23);4-5,7H,3H2,1-2H3;1-2H3. The highest BCUT2D eigenvalue weighted by molar-refractivity contribution is 5.99. The van der Waals surface area contributed by atoms with Crippen molar-refractivity contribution >= 4 is 23.1 Å². The number of imidazole rings is 1. The van der Waals surface area contributed by atoms with Crippen LogP contribution in [-0.4, -0.2) is 33.9 Å². The van der Waals surface area contributed by atoms with Crippen LogP contribution in [0.25, 0.3) is 11.0 Å². The second-order valence-corrected chi connectivity index (χ2v) is 9.01. The lowest BCUT2D eigenvalue weighted by molar-refractivity contribution is 0.112. The van der Waals surface area contributed by atoms with Crippen molar-refractivity contribution in [3.63, 3.8) is 0 Å². The van der Waals surface area contributed by atoms with Crippen LogP contribution in [0.3, 0.4) is 0 Å². The van der Waals surface area contributed by atoms with Gasteiger partial charge in [0.25, 0.3) is 0 Å². The molecule has 2 unspecified atom stereocenters. The third-order valence-electron chi connectivity index (χ3n) is 6.23. The van der Waals surface area contributed by atoms with E-state index in [2.05, 4.69) is 48.3 Å². The van der Waals surface area contributed by atoms with Gasteiger partial charge in [-0.1, -0.05) is 54.4 Å². The summed E-state index contributed by atoms with van der Waals surface area (Å²) in [4.78, 5) is 19.7. The van der Waals surface area contributed by atoms with Crippen LogP contribution in [-0.2, 0) is 13.6 Å². The Morgan fingerprint density at radius 2 is 1.81 bits per heavy atom. The lowest BCUT2D eigenvalue weighted by Crippen LogP contribution is -2.25. The van der Waals surface area contributed by atoms with Gasteiger partial charge in [0.15, 0.2) is 11.9 Å². The predicted octanol–water partition coefficient (Wildman–Crippen LogP) is 6.33. The Morgan fingerprint density at radius 3 is 2.28 bits per heavy atom. The van der Waals surface area contributed by atoms with E-state index in [0.29, 0.717) is 40.7 Å². The van der Waals surface area contributed by atoms with E-state index in [1.165, 1.54) is 5.69 Å². The average Bonchev–Trinajstić information content (AvgIpc) is 3.47. The van der Waals surface area contributed by atoms with Crippen LogP contribution in [0.1, 0.15) is 89.0 Å². The maximum absolute atomic E-state index is 11.3. The van der Waals surface area contributed by atoms with E-state index in [1.807, 2.05) is 50.8 Å². The van der Waals surface area contributed by atoms with Crippen molar-refractivity contribution in [3.05, 3.63) is 41.8 Å². The Morgan fingerprint density at radius 1 is 1.17 bits per heavy atom. The number of furan rings is 1. The zero-order valence-corrected chi connectivity index (χ0v) is 23.3. The fraction of sp³-hybridized carbons (Fsp3) is 0.571. The van der Waals surface area contributed by atoms with Gasteiger partial charge in [-0.3, -0.25) is 4.79 Å². The molecule has 36 heavy (non-hydrogen) atoms. The first-order chi connectivity index (χ1) is 17.4. The van der Waals surface area contributed by atoms with Gasteiger partial charge in [0, 0.05) is 31.2 Å². The Balaban J connectivity index is 0.000000491. The molecule has 0 saturated heterocycles. The predicted molar refractivity (Wildman–Crippen MR) is 147 cm³/mol. The summed E-state index contributed by atoms with van der Waals surface area (Å²) < 4.78 is 7.38. The van der Waals surface area contributed by atoms with Crippen molar-refractivity contribution in [1.82, 2.24) is 19.9 Å². The molecule has 0 aromatic carbocycles. The second-order valence-electron chi connectivity index (χ2n) is 9.01. The molecule has 0 amide bonds. The number of aldehydes is 1. The molecular formula is C28H44N6O2. The minimum absolute atomic E-state index is 0.0414. The summed E-state index contributed by atoms with van der Waals surface area (Å²) in [5.41, 5.74) is 1.96. The number of aryl methyl sites for hydroxylation is 1. The summed E-state index contributed by atoms with van der Waals surface area (Å²) in [6.07, 6.45) is 10.4. The largest absolute Gasteiger partial charge is 0.443 e. The van der Waals surface area contributed by atoms with Gasteiger partial charge in [0.05, 0.1) is 23.8 Å². The molecule has 8 heteroatoms. The maximum atomic E-state index is 11.3. The SMILES string of the molecule is CC.CCC(C)CC(CC(C)CC)Nc1cc2c(C=O)c(C#N)oc2cn1.CNCc1cncn1C. The first-order valence-corrected chi connectivity index (χ1v) is 13.0. The molecule has 0 aliphatic carbocycles. The number of anilines is 1. The number of rotatable bonds is 11. The minimum Gasteiger partial charge on any atom is -0.443 e. The maximum Gasteiger partial charge on any atom is 0.215 e. The van der Waals surface area contributed by atoms with Gasteiger partial charge in [0.1, 0.15) is 11.9 Å². The van der Waals surface area contributed by atoms with Crippen LogP contribution < -0.4 is 10.6 Å². The average molecular weight is 497 g/mol. The molecule has 0 saturated carbocycles. The summed E-state index contributed by atoms with van der Waals surface area (Å²) in [5.74, 6) is 2.03. The smallest absolute Gasteiger partial charge is 0.215 e.